The van der Waals surface area contributed by atoms with Crippen molar-refractivity contribution in [1.29, 1.82) is 0 Å². The van der Waals surface area contributed by atoms with E-state index in [1.807, 2.05) is 11.3 Å². The van der Waals surface area contributed by atoms with Crippen LogP contribution >= 0.6 is 11.3 Å². The van der Waals surface area contributed by atoms with E-state index in [1.54, 1.807) is 20.9 Å². The SMILES string of the molecule is CCc1sc(C(C)(C)CC)c(CC)c1C. The van der Waals surface area contributed by atoms with Crippen LogP contribution in [0, 0.1) is 6.92 Å². The van der Waals surface area contributed by atoms with E-state index in [9.17, 15) is 0 Å². The van der Waals surface area contributed by atoms with Crippen molar-refractivity contribution in [3.8, 4) is 0 Å². The molecule has 0 spiro atoms. The van der Waals surface area contributed by atoms with Crippen LogP contribution in [0.1, 0.15) is 61.9 Å². The third-order valence-electron chi connectivity index (χ3n) is 3.54. The van der Waals surface area contributed by atoms with Crippen LogP contribution in [0.25, 0.3) is 0 Å². The fraction of sp³-hybridized carbons (Fsp3) is 0.714. The molecule has 0 N–H and O–H groups in total. The zero-order valence-corrected chi connectivity index (χ0v) is 11.8. The molecule has 0 saturated carbocycles. The summed E-state index contributed by atoms with van der Waals surface area (Å²) in [5.74, 6) is 0. The summed E-state index contributed by atoms with van der Waals surface area (Å²) in [6.45, 7) is 13.9. The highest BCUT2D eigenvalue weighted by molar-refractivity contribution is 7.12. The average molecular weight is 224 g/mol. The zero-order chi connectivity index (χ0) is 11.6. The van der Waals surface area contributed by atoms with E-state index in [2.05, 4.69) is 41.5 Å². The number of aryl methyl sites for hydroxylation is 1. The van der Waals surface area contributed by atoms with Gasteiger partial charge in [-0.1, -0.05) is 34.6 Å². The average Bonchev–Trinajstić information content (AvgIpc) is 2.55. The standard InChI is InChI=1S/C14H24S/c1-7-11-10(4)12(8-2)15-13(11)14(5,6)9-3/h7-9H2,1-6H3. The van der Waals surface area contributed by atoms with Crippen LogP contribution in [0.15, 0.2) is 0 Å². The van der Waals surface area contributed by atoms with Gasteiger partial charge >= 0.3 is 0 Å². The van der Waals surface area contributed by atoms with E-state index in [0.29, 0.717) is 5.41 Å². The lowest BCUT2D eigenvalue weighted by atomic mass is 9.85. The highest BCUT2D eigenvalue weighted by Gasteiger charge is 2.25. The van der Waals surface area contributed by atoms with E-state index in [0.717, 1.165) is 0 Å². The maximum Gasteiger partial charge on any atom is 0.0139 e. The van der Waals surface area contributed by atoms with Gasteiger partial charge in [0.25, 0.3) is 0 Å². The molecule has 0 aromatic carbocycles. The topological polar surface area (TPSA) is 0 Å². The minimum absolute atomic E-state index is 0.355. The van der Waals surface area contributed by atoms with Crippen molar-refractivity contribution in [2.24, 2.45) is 0 Å². The van der Waals surface area contributed by atoms with Gasteiger partial charge in [0.1, 0.15) is 0 Å². The molecule has 1 aromatic rings. The molecule has 1 aromatic heterocycles. The molecule has 0 unspecified atom stereocenters. The molecule has 0 aliphatic rings. The molecule has 0 aliphatic heterocycles. The van der Waals surface area contributed by atoms with E-state index >= 15 is 0 Å². The van der Waals surface area contributed by atoms with Gasteiger partial charge in [0, 0.05) is 9.75 Å². The molecular formula is C14H24S. The van der Waals surface area contributed by atoms with Gasteiger partial charge in [0.2, 0.25) is 0 Å². The second-order valence-electron chi connectivity index (χ2n) is 4.90. The zero-order valence-electron chi connectivity index (χ0n) is 11.0. The van der Waals surface area contributed by atoms with Crippen molar-refractivity contribution in [2.45, 2.75) is 66.2 Å². The lowest BCUT2D eigenvalue weighted by molar-refractivity contribution is 0.512. The lowest BCUT2D eigenvalue weighted by Gasteiger charge is -2.23. The minimum atomic E-state index is 0.355. The van der Waals surface area contributed by atoms with Gasteiger partial charge in [-0.15, -0.1) is 11.3 Å². The minimum Gasteiger partial charge on any atom is -0.144 e. The number of rotatable bonds is 4. The molecule has 1 heteroatoms. The van der Waals surface area contributed by atoms with Crippen LogP contribution < -0.4 is 0 Å². The molecule has 86 valence electrons. The van der Waals surface area contributed by atoms with Gasteiger partial charge in [0.05, 0.1) is 0 Å². The molecular weight excluding hydrogens is 200 g/mol. The van der Waals surface area contributed by atoms with E-state index in [4.69, 9.17) is 0 Å². The van der Waals surface area contributed by atoms with Crippen molar-refractivity contribution >= 4 is 11.3 Å². The summed E-state index contributed by atoms with van der Waals surface area (Å²) in [6, 6.07) is 0. The van der Waals surface area contributed by atoms with Gasteiger partial charge in [0.15, 0.2) is 0 Å². The lowest BCUT2D eigenvalue weighted by Crippen LogP contribution is -2.15. The Balaban J connectivity index is 3.29. The Hall–Kier alpha value is -0.300. The van der Waals surface area contributed by atoms with Crippen LogP contribution in [0.5, 0.6) is 0 Å². The fourth-order valence-electron chi connectivity index (χ4n) is 2.07. The Morgan fingerprint density at radius 2 is 1.67 bits per heavy atom. The third kappa shape index (κ3) is 2.28. The number of hydrogen-bond donors (Lipinski definition) is 0. The predicted octanol–water partition coefficient (Wildman–Crippen LogP) is 4.87. The van der Waals surface area contributed by atoms with Crippen molar-refractivity contribution in [3.63, 3.8) is 0 Å². The molecule has 0 bridgehead atoms. The molecule has 0 aliphatic carbocycles. The quantitative estimate of drug-likeness (QED) is 0.684. The van der Waals surface area contributed by atoms with Gasteiger partial charge in [-0.05, 0) is 42.7 Å². The number of thiophene rings is 1. The largest absolute Gasteiger partial charge is 0.144 e. The summed E-state index contributed by atoms with van der Waals surface area (Å²) in [5, 5.41) is 0. The first kappa shape index (κ1) is 12.8. The van der Waals surface area contributed by atoms with Gasteiger partial charge in [-0.3, -0.25) is 0 Å². The smallest absolute Gasteiger partial charge is 0.0139 e. The molecule has 0 atom stereocenters. The molecule has 15 heavy (non-hydrogen) atoms. The first-order valence-corrected chi connectivity index (χ1v) is 6.91. The Kier molecular flexibility index (Phi) is 3.99. The number of hydrogen-bond acceptors (Lipinski definition) is 1. The summed E-state index contributed by atoms with van der Waals surface area (Å²) in [5.41, 5.74) is 3.53. The van der Waals surface area contributed by atoms with Crippen LogP contribution in [-0.2, 0) is 18.3 Å². The van der Waals surface area contributed by atoms with Crippen LogP contribution in [0.2, 0.25) is 0 Å². The second-order valence-corrected chi connectivity index (χ2v) is 6.01. The van der Waals surface area contributed by atoms with Crippen molar-refractivity contribution < 1.29 is 0 Å². The van der Waals surface area contributed by atoms with Crippen LogP contribution in [0.3, 0.4) is 0 Å². The van der Waals surface area contributed by atoms with Gasteiger partial charge < -0.3 is 0 Å². The van der Waals surface area contributed by atoms with Crippen LogP contribution in [0.4, 0.5) is 0 Å². The summed E-state index contributed by atoms with van der Waals surface area (Å²) < 4.78 is 0. The van der Waals surface area contributed by atoms with Crippen LogP contribution in [-0.4, -0.2) is 0 Å². The molecule has 0 nitrogen and oxygen atoms in total. The third-order valence-corrected chi connectivity index (χ3v) is 5.39. The highest BCUT2D eigenvalue weighted by atomic mass is 32.1. The maximum absolute atomic E-state index is 2.37. The first-order valence-electron chi connectivity index (χ1n) is 6.09. The van der Waals surface area contributed by atoms with E-state index in [-0.39, 0.29) is 0 Å². The Bertz CT molecular complexity index is 331. The Morgan fingerprint density at radius 1 is 1.07 bits per heavy atom. The highest BCUT2D eigenvalue weighted by Crippen LogP contribution is 2.39. The molecule has 1 heterocycles. The fourth-order valence-corrected chi connectivity index (χ4v) is 3.58. The van der Waals surface area contributed by atoms with Gasteiger partial charge in [-0.25, -0.2) is 0 Å². The Morgan fingerprint density at radius 3 is 2.07 bits per heavy atom. The second kappa shape index (κ2) is 4.69. The van der Waals surface area contributed by atoms with E-state index < -0.39 is 0 Å². The molecule has 0 radical (unpaired) electrons. The molecule has 0 amide bonds. The normalized spacial score (nSPS) is 12.1. The van der Waals surface area contributed by atoms with Crippen molar-refractivity contribution in [1.82, 2.24) is 0 Å². The summed E-state index contributed by atoms with van der Waals surface area (Å²) in [4.78, 5) is 3.21. The maximum atomic E-state index is 2.37. The summed E-state index contributed by atoms with van der Waals surface area (Å²) in [7, 11) is 0. The summed E-state index contributed by atoms with van der Waals surface area (Å²) in [6.07, 6.45) is 3.59. The van der Waals surface area contributed by atoms with Crippen molar-refractivity contribution in [2.75, 3.05) is 0 Å². The summed E-state index contributed by atoms with van der Waals surface area (Å²) >= 11 is 2.04. The predicted molar refractivity (Wildman–Crippen MR) is 71.1 cm³/mol. The first-order chi connectivity index (χ1) is 6.97. The molecule has 0 fully saturated rings. The van der Waals surface area contributed by atoms with Crippen molar-refractivity contribution in [3.05, 3.63) is 20.9 Å². The molecule has 1 rings (SSSR count). The van der Waals surface area contributed by atoms with E-state index in [1.165, 1.54) is 19.3 Å². The monoisotopic (exact) mass is 224 g/mol. The Labute approximate surface area is 98.7 Å². The molecule has 0 saturated heterocycles. The van der Waals surface area contributed by atoms with Gasteiger partial charge in [-0.2, -0.15) is 0 Å².